The summed E-state index contributed by atoms with van der Waals surface area (Å²) in [6.07, 6.45) is 5.67. The molecule has 1 aromatic rings. The molecule has 0 aliphatic rings. The predicted molar refractivity (Wildman–Crippen MR) is 80.7 cm³/mol. The molecule has 4 heteroatoms. The first-order valence-electron chi connectivity index (χ1n) is 6.25. The van der Waals surface area contributed by atoms with Gasteiger partial charge in [-0.3, -0.25) is 4.79 Å². The van der Waals surface area contributed by atoms with E-state index in [2.05, 4.69) is 17.0 Å². The van der Waals surface area contributed by atoms with E-state index in [1.165, 1.54) is 6.92 Å². The molecule has 0 fully saturated rings. The first kappa shape index (κ1) is 15.0. The molecule has 1 aromatic heterocycles. The Morgan fingerprint density at radius 3 is 2.37 bits per heavy atom. The lowest BCUT2D eigenvalue weighted by molar-refractivity contribution is -0.114. The summed E-state index contributed by atoms with van der Waals surface area (Å²) in [7, 11) is 0. The van der Waals surface area contributed by atoms with Crippen molar-refractivity contribution in [1.82, 2.24) is 9.78 Å². The highest BCUT2D eigenvalue weighted by Gasteiger charge is 2.17. The molecule has 0 saturated heterocycles. The molecule has 0 aromatic carbocycles. The quantitative estimate of drug-likeness (QED) is 0.839. The number of nitrogens with one attached hydrogen (secondary N) is 1. The van der Waals surface area contributed by atoms with Crippen LogP contribution in [-0.4, -0.2) is 15.7 Å². The lowest BCUT2D eigenvalue weighted by atomic mass is 10.1. The Balaban J connectivity index is 3.51. The van der Waals surface area contributed by atoms with Gasteiger partial charge < -0.3 is 5.32 Å². The normalized spacial score (nSPS) is 12.5. The molecule has 0 atom stereocenters. The first-order chi connectivity index (χ1) is 8.96. The molecule has 19 heavy (non-hydrogen) atoms. The van der Waals surface area contributed by atoms with Crippen LogP contribution >= 0.6 is 0 Å². The Labute approximate surface area is 114 Å². The van der Waals surface area contributed by atoms with E-state index in [1.54, 1.807) is 10.8 Å². The Morgan fingerprint density at radius 1 is 1.32 bits per heavy atom. The van der Waals surface area contributed by atoms with Crippen molar-refractivity contribution < 1.29 is 4.79 Å². The fourth-order valence-electron chi connectivity index (χ4n) is 1.81. The minimum Gasteiger partial charge on any atom is -0.311 e. The van der Waals surface area contributed by atoms with Gasteiger partial charge in [0.25, 0.3) is 0 Å². The summed E-state index contributed by atoms with van der Waals surface area (Å²) in [5.74, 6) is 0.597. The number of hydrogen-bond acceptors (Lipinski definition) is 2. The van der Waals surface area contributed by atoms with Gasteiger partial charge in [-0.05, 0) is 33.3 Å². The summed E-state index contributed by atoms with van der Waals surface area (Å²) in [6, 6.07) is 0. The molecule has 0 bridgehead atoms. The van der Waals surface area contributed by atoms with Crippen LogP contribution in [0.5, 0.6) is 0 Å². The topological polar surface area (TPSA) is 46.9 Å². The molecule has 1 N–H and O–H groups in total. The van der Waals surface area contributed by atoms with E-state index in [9.17, 15) is 4.79 Å². The average Bonchev–Trinajstić information content (AvgIpc) is 2.68. The number of anilines is 1. The average molecular weight is 259 g/mol. The zero-order chi connectivity index (χ0) is 14.6. The van der Waals surface area contributed by atoms with E-state index in [0.717, 1.165) is 22.5 Å². The van der Waals surface area contributed by atoms with Gasteiger partial charge in [0.15, 0.2) is 0 Å². The monoisotopic (exact) mass is 259 g/mol. The van der Waals surface area contributed by atoms with Crippen LogP contribution in [-0.2, 0) is 4.79 Å². The van der Waals surface area contributed by atoms with Crippen molar-refractivity contribution in [3.05, 3.63) is 36.1 Å². The molecule has 0 saturated carbocycles. The third-order valence-electron chi connectivity index (χ3n) is 2.97. The Bertz CT molecular complexity index is 562. The Kier molecular flexibility index (Phi) is 4.87. The standard InChI is InChI=1S/C15H21N3O/c1-7-10(4)18-15(16-12(6)19)11(5)14(17-18)13(8-2)9-3/h7-9H,2H2,1,3-6H3,(H,16,19). The fraction of sp³-hybridized carbons (Fsp3) is 0.333. The van der Waals surface area contributed by atoms with Crippen molar-refractivity contribution in [2.45, 2.75) is 34.6 Å². The van der Waals surface area contributed by atoms with Crippen LogP contribution < -0.4 is 5.32 Å². The molecule has 0 spiro atoms. The van der Waals surface area contributed by atoms with E-state index < -0.39 is 0 Å². The second kappa shape index (κ2) is 6.18. The first-order valence-corrected chi connectivity index (χ1v) is 6.25. The largest absolute Gasteiger partial charge is 0.311 e. The molecular formula is C15H21N3O. The maximum atomic E-state index is 11.3. The maximum Gasteiger partial charge on any atom is 0.222 e. The minimum atomic E-state index is -0.111. The molecule has 1 amide bonds. The van der Waals surface area contributed by atoms with Gasteiger partial charge in [0.05, 0.1) is 5.69 Å². The molecular weight excluding hydrogens is 238 g/mol. The molecule has 0 aliphatic carbocycles. The summed E-state index contributed by atoms with van der Waals surface area (Å²) >= 11 is 0. The van der Waals surface area contributed by atoms with Crippen LogP contribution in [0.15, 0.2) is 24.8 Å². The molecule has 0 aliphatic heterocycles. The summed E-state index contributed by atoms with van der Waals surface area (Å²) in [4.78, 5) is 11.3. The van der Waals surface area contributed by atoms with Crippen molar-refractivity contribution >= 4 is 23.0 Å². The fourth-order valence-corrected chi connectivity index (χ4v) is 1.81. The number of hydrogen-bond donors (Lipinski definition) is 1. The van der Waals surface area contributed by atoms with Crippen LogP contribution in [0.2, 0.25) is 0 Å². The number of carbonyl (C=O) groups excluding carboxylic acids is 1. The molecule has 0 radical (unpaired) electrons. The highest BCUT2D eigenvalue weighted by Crippen LogP contribution is 2.27. The van der Waals surface area contributed by atoms with Gasteiger partial charge in [0.1, 0.15) is 5.82 Å². The van der Waals surface area contributed by atoms with E-state index in [1.807, 2.05) is 39.8 Å². The van der Waals surface area contributed by atoms with Crippen LogP contribution in [0.3, 0.4) is 0 Å². The molecule has 102 valence electrons. The van der Waals surface area contributed by atoms with E-state index >= 15 is 0 Å². The summed E-state index contributed by atoms with van der Waals surface area (Å²) in [6.45, 7) is 13.1. The van der Waals surface area contributed by atoms with E-state index in [4.69, 9.17) is 0 Å². The molecule has 0 unspecified atom stereocenters. The smallest absolute Gasteiger partial charge is 0.222 e. The molecule has 4 nitrogen and oxygen atoms in total. The van der Waals surface area contributed by atoms with Gasteiger partial charge in [-0.15, -0.1) is 0 Å². The zero-order valence-corrected chi connectivity index (χ0v) is 12.2. The summed E-state index contributed by atoms with van der Waals surface area (Å²) in [5, 5.41) is 7.41. The third kappa shape index (κ3) is 3.02. The minimum absolute atomic E-state index is 0.111. The van der Waals surface area contributed by atoms with Crippen molar-refractivity contribution in [1.29, 1.82) is 0 Å². The molecule has 1 heterocycles. The summed E-state index contributed by atoms with van der Waals surface area (Å²) < 4.78 is 1.75. The SMILES string of the molecule is C=CC(=CC)c1nn(C(C)=CC)c(NC(C)=O)c1C. The van der Waals surface area contributed by atoms with Crippen LogP contribution in [0.1, 0.15) is 39.0 Å². The number of rotatable bonds is 4. The van der Waals surface area contributed by atoms with Crippen LogP contribution in [0, 0.1) is 6.92 Å². The number of aromatic nitrogens is 2. The van der Waals surface area contributed by atoms with Gasteiger partial charge in [-0.2, -0.15) is 5.10 Å². The number of nitrogens with zero attached hydrogens (tertiary/aromatic N) is 2. The second-order valence-corrected chi connectivity index (χ2v) is 4.29. The van der Waals surface area contributed by atoms with Crippen molar-refractivity contribution in [3.63, 3.8) is 0 Å². The Morgan fingerprint density at radius 2 is 1.95 bits per heavy atom. The lowest BCUT2D eigenvalue weighted by Crippen LogP contribution is -2.11. The predicted octanol–water partition coefficient (Wildman–Crippen LogP) is 3.62. The molecule has 1 rings (SSSR count). The number of carbonyl (C=O) groups is 1. The third-order valence-corrected chi connectivity index (χ3v) is 2.97. The highest BCUT2D eigenvalue weighted by atomic mass is 16.1. The van der Waals surface area contributed by atoms with Gasteiger partial charge in [0, 0.05) is 18.2 Å². The Hall–Kier alpha value is -2.10. The van der Waals surface area contributed by atoms with Crippen LogP contribution in [0.4, 0.5) is 5.82 Å². The van der Waals surface area contributed by atoms with Gasteiger partial charge >= 0.3 is 0 Å². The van der Waals surface area contributed by atoms with E-state index in [0.29, 0.717) is 5.82 Å². The maximum absolute atomic E-state index is 11.3. The number of allylic oxidation sites excluding steroid dienone is 5. The van der Waals surface area contributed by atoms with Crippen molar-refractivity contribution in [2.24, 2.45) is 0 Å². The lowest BCUT2D eigenvalue weighted by Gasteiger charge is -2.08. The van der Waals surface area contributed by atoms with E-state index in [-0.39, 0.29) is 5.91 Å². The van der Waals surface area contributed by atoms with Gasteiger partial charge in [0.2, 0.25) is 5.91 Å². The van der Waals surface area contributed by atoms with Gasteiger partial charge in [-0.25, -0.2) is 4.68 Å². The summed E-state index contributed by atoms with van der Waals surface area (Å²) in [5.41, 5.74) is 3.68. The van der Waals surface area contributed by atoms with Crippen molar-refractivity contribution in [2.75, 3.05) is 5.32 Å². The van der Waals surface area contributed by atoms with Crippen molar-refractivity contribution in [3.8, 4) is 0 Å². The zero-order valence-electron chi connectivity index (χ0n) is 12.2. The number of amides is 1. The second-order valence-electron chi connectivity index (χ2n) is 4.29. The van der Waals surface area contributed by atoms with Crippen LogP contribution in [0.25, 0.3) is 11.3 Å². The van der Waals surface area contributed by atoms with Gasteiger partial charge in [-0.1, -0.05) is 24.8 Å². The highest BCUT2D eigenvalue weighted by molar-refractivity contribution is 5.90.